The van der Waals surface area contributed by atoms with Crippen molar-refractivity contribution in [3.63, 3.8) is 0 Å². The van der Waals surface area contributed by atoms with Crippen LogP contribution in [0.4, 0.5) is 4.39 Å². The van der Waals surface area contributed by atoms with E-state index in [1.807, 2.05) is 23.6 Å². The third kappa shape index (κ3) is 2.46. The van der Waals surface area contributed by atoms with Gasteiger partial charge in [-0.1, -0.05) is 32.0 Å². The molecular weight excluding hydrogens is 247 g/mol. The third-order valence-corrected chi connectivity index (χ3v) is 4.24. The first kappa shape index (κ1) is 13.2. The summed E-state index contributed by atoms with van der Waals surface area (Å²) >= 11 is 1.66. The second kappa shape index (κ2) is 5.18. The van der Waals surface area contributed by atoms with E-state index in [9.17, 15) is 4.39 Å². The smallest absolute Gasteiger partial charge is 0.123 e. The van der Waals surface area contributed by atoms with E-state index in [0.29, 0.717) is 0 Å². The zero-order chi connectivity index (χ0) is 13.2. The van der Waals surface area contributed by atoms with Gasteiger partial charge in [-0.05, 0) is 29.1 Å². The van der Waals surface area contributed by atoms with E-state index in [0.717, 1.165) is 5.56 Å². The van der Waals surface area contributed by atoms with Gasteiger partial charge in [0, 0.05) is 10.3 Å². The number of hydrogen-bond acceptors (Lipinski definition) is 3. The topological polar surface area (TPSA) is 38.0 Å². The van der Waals surface area contributed by atoms with Crippen LogP contribution >= 0.6 is 11.3 Å². The molecule has 3 N–H and O–H groups in total. The Kier molecular flexibility index (Phi) is 3.80. The first-order chi connectivity index (χ1) is 8.55. The first-order valence-corrected chi connectivity index (χ1v) is 6.69. The Morgan fingerprint density at radius 3 is 2.39 bits per heavy atom. The van der Waals surface area contributed by atoms with Gasteiger partial charge in [0.15, 0.2) is 0 Å². The van der Waals surface area contributed by atoms with Crippen molar-refractivity contribution in [3.05, 3.63) is 58.0 Å². The molecule has 1 atom stereocenters. The van der Waals surface area contributed by atoms with Crippen molar-refractivity contribution in [1.29, 1.82) is 0 Å². The summed E-state index contributed by atoms with van der Waals surface area (Å²) in [4.78, 5) is 1.17. The number of hydrogen-bond donors (Lipinski definition) is 2. The molecule has 0 aliphatic rings. The molecule has 0 saturated heterocycles. The standard InChI is InChI=1S/C14H17FN2S/c1-14(2,10-5-7-11(15)8-6-10)13(17-16)12-4-3-9-18-12/h3-9,13,17H,16H2,1-2H3. The van der Waals surface area contributed by atoms with Crippen LogP contribution in [0.5, 0.6) is 0 Å². The molecule has 0 fully saturated rings. The van der Waals surface area contributed by atoms with Gasteiger partial charge in [-0.15, -0.1) is 11.3 Å². The number of halogens is 1. The minimum atomic E-state index is -0.220. The van der Waals surface area contributed by atoms with Crippen LogP contribution in [-0.4, -0.2) is 0 Å². The van der Waals surface area contributed by atoms with Crippen LogP contribution in [0.1, 0.15) is 30.3 Å². The SMILES string of the molecule is CC(C)(c1ccc(F)cc1)C(NN)c1cccs1. The summed E-state index contributed by atoms with van der Waals surface area (Å²) in [6.07, 6.45) is 0. The zero-order valence-electron chi connectivity index (χ0n) is 10.5. The van der Waals surface area contributed by atoms with E-state index in [1.54, 1.807) is 11.3 Å². The van der Waals surface area contributed by atoms with Gasteiger partial charge in [0.05, 0.1) is 6.04 Å². The summed E-state index contributed by atoms with van der Waals surface area (Å²) < 4.78 is 13.0. The van der Waals surface area contributed by atoms with Gasteiger partial charge in [0.2, 0.25) is 0 Å². The zero-order valence-corrected chi connectivity index (χ0v) is 11.3. The van der Waals surface area contributed by atoms with Crippen LogP contribution in [0, 0.1) is 5.82 Å². The molecule has 4 heteroatoms. The highest BCUT2D eigenvalue weighted by Crippen LogP contribution is 2.38. The molecule has 0 radical (unpaired) electrons. The van der Waals surface area contributed by atoms with Gasteiger partial charge in [0.25, 0.3) is 0 Å². The quantitative estimate of drug-likeness (QED) is 0.656. The summed E-state index contributed by atoms with van der Waals surface area (Å²) in [6, 6.07) is 10.7. The van der Waals surface area contributed by atoms with Crippen LogP contribution in [0.3, 0.4) is 0 Å². The average molecular weight is 264 g/mol. The molecule has 0 aliphatic heterocycles. The second-order valence-corrected chi connectivity index (χ2v) is 5.82. The van der Waals surface area contributed by atoms with E-state index in [2.05, 4.69) is 25.3 Å². The van der Waals surface area contributed by atoms with Crippen LogP contribution < -0.4 is 11.3 Å². The van der Waals surface area contributed by atoms with Crippen molar-refractivity contribution < 1.29 is 4.39 Å². The third-order valence-electron chi connectivity index (χ3n) is 3.30. The maximum absolute atomic E-state index is 13.0. The lowest BCUT2D eigenvalue weighted by atomic mass is 9.77. The van der Waals surface area contributed by atoms with Gasteiger partial charge < -0.3 is 0 Å². The fourth-order valence-electron chi connectivity index (χ4n) is 2.15. The van der Waals surface area contributed by atoms with E-state index >= 15 is 0 Å². The Bertz CT molecular complexity index is 491. The average Bonchev–Trinajstić information content (AvgIpc) is 2.84. The molecule has 0 bridgehead atoms. The molecule has 1 aromatic carbocycles. The summed E-state index contributed by atoms with van der Waals surface area (Å²) in [5, 5.41) is 2.03. The van der Waals surface area contributed by atoms with E-state index in [4.69, 9.17) is 5.84 Å². The molecule has 2 nitrogen and oxygen atoms in total. The Labute approximate surface area is 111 Å². The van der Waals surface area contributed by atoms with Crippen LogP contribution in [0.15, 0.2) is 41.8 Å². The maximum atomic E-state index is 13.0. The number of benzene rings is 1. The molecule has 2 rings (SSSR count). The molecule has 0 saturated carbocycles. The normalized spacial score (nSPS) is 13.6. The predicted molar refractivity (Wildman–Crippen MR) is 73.8 cm³/mol. The number of hydrazine groups is 1. The lowest BCUT2D eigenvalue weighted by Gasteiger charge is -2.34. The Morgan fingerprint density at radius 2 is 1.89 bits per heavy atom. The number of rotatable bonds is 4. The van der Waals surface area contributed by atoms with Crippen molar-refractivity contribution >= 4 is 11.3 Å². The minimum Gasteiger partial charge on any atom is -0.271 e. The Hall–Kier alpha value is -1.23. The number of nitrogens with two attached hydrogens (primary N) is 1. The van der Waals surface area contributed by atoms with Gasteiger partial charge in [-0.25, -0.2) is 4.39 Å². The van der Waals surface area contributed by atoms with E-state index in [1.165, 1.54) is 17.0 Å². The highest BCUT2D eigenvalue weighted by molar-refractivity contribution is 7.10. The summed E-state index contributed by atoms with van der Waals surface area (Å²) in [5.41, 5.74) is 3.72. The molecule has 0 amide bonds. The number of thiophene rings is 1. The van der Waals surface area contributed by atoms with Crippen LogP contribution in [0.25, 0.3) is 0 Å². The van der Waals surface area contributed by atoms with Gasteiger partial charge in [-0.3, -0.25) is 11.3 Å². The molecule has 1 unspecified atom stereocenters. The predicted octanol–water partition coefficient (Wildman–Crippen LogP) is 3.37. The van der Waals surface area contributed by atoms with E-state index < -0.39 is 0 Å². The molecule has 1 aromatic heterocycles. The summed E-state index contributed by atoms with van der Waals surface area (Å²) in [5.74, 6) is 5.48. The summed E-state index contributed by atoms with van der Waals surface area (Å²) in [6.45, 7) is 4.20. The molecular formula is C14H17FN2S. The van der Waals surface area contributed by atoms with Crippen molar-refractivity contribution in [3.8, 4) is 0 Å². The fraction of sp³-hybridized carbons (Fsp3) is 0.286. The second-order valence-electron chi connectivity index (χ2n) is 4.84. The van der Waals surface area contributed by atoms with Crippen molar-refractivity contribution in [2.75, 3.05) is 0 Å². The largest absolute Gasteiger partial charge is 0.271 e. The number of nitrogens with one attached hydrogen (secondary N) is 1. The first-order valence-electron chi connectivity index (χ1n) is 5.81. The lowest BCUT2D eigenvalue weighted by Crippen LogP contribution is -2.40. The van der Waals surface area contributed by atoms with Crippen LogP contribution in [0.2, 0.25) is 0 Å². The van der Waals surface area contributed by atoms with Crippen molar-refractivity contribution in [2.45, 2.75) is 25.3 Å². The Balaban J connectivity index is 2.36. The van der Waals surface area contributed by atoms with Gasteiger partial charge in [0.1, 0.15) is 5.82 Å². The van der Waals surface area contributed by atoms with E-state index in [-0.39, 0.29) is 17.3 Å². The highest BCUT2D eigenvalue weighted by Gasteiger charge is 2.32. The lowest BCUT2D eigenvalue weighted by molar-refractivity contribution is 0.357. The van der Waals surface area contributed by atoms with Crippen molar-refractivity contribution in [2.24, 2.45) is 5.84 Å². The highest BCUT2D eigenvalue weighted by atomic mass is 32.1. The monoisotopic (exact) mass is 264 g/mol. The van der Waals surface area contributed by atoms with Gasteiger partial charge >= 0.3 is 0 Å². The van der Waals surface area contributed by atoms with Crippen LogP contribution in [-0.2, 0) is 5.41 Å². The maximum Gasteiger partial charge on any atom is 0.123 e. The molecule has 96 valence electrons. The minimum absolute atomic E-state index is 0.00274. The van der Waals surface area contributed by atoms with Crippen molar-refractivity contribution in [1.82, 2.24) is 5.43 Å². The Morgan fingerprint density at radius 1 is 1.22 bits per heavy atom. The molecule has 18 heavy (non-hydrogen) atoms. The molecule has 0 spiro atoms. The summed E-state index contributed by atoms with van der Waals surface area (Å²) in [7, 11) is 0. The van der Waals surface area contributed by atoms with Gasteiger partial charge in [-0.2, -0.15) is 0 Å². The molecule has 1 heterocycles. The molecule has 0 aliphatic carbocycles. The molecule has 2 aromatic rings. The fourth-order valence-corrected chi connectivity index (χ4v) is 3.12.